The van der Waals surface area contributed by atoms with E-state index in [1.165, 1.54) is 31.9 Å². The average molecular weight is 474 g/mol. The molecule has 0 saturated heterocycles. The Hall–Kier alpha value is -0.720. The molecule has 1 atom stereocenters. The van der Waals surface area contributed by atoms with Crippen LogP contribution in [0.4, 0.5) is 43.9 Å². The van der Waals surface area contributed by atoms with E-state index < -0.39 is 50.4 Å². The van der Waals surface area contributed by atoms with Crippen LogP contribution in [0.25, 0.3) is 0 Å². The number of alkyl halides is 7. The molecule has 22 heavy (non-hydrogen) atoms. The molecule has 1 aromatic carbocycles. The van der Waals surface area contributed by atoms with Crippen molar-refractivity contribution in [1.29, 1.82) is 0 Å². The number of halogens is 12. The third-order valence-electron chi connectivity index (χ3n) is 2.12. The van der Waals surface area contributed by atoms with Gasteiger partial charge in [0.2, 0.25) is 34.8 Å². The fourth-order valence-corrected chi connectivity index (χ4v) is 1.34. The summed E-state index contributed by atoms with van der Waals surface area (Å²) in [5, 5.41) is 0. The van der Waals surface area contributed by atoms with E-state index >= 15 is 0 Å². The standard InChI is InChI=1S/C9Br2F10O/c10-7(17,8(11,18)19)9(20,21)22-6-4(15)2(13)1(12)3(14)5(6)16/t7-/m1/s1. The van der Waals surface area contributed by atoms with Gasteiger partial charge in [-0.1, -0.05) is 0 Å². The molecule has 0 aromatic heterocycles. The lowest BCUT2D eigenvalue weighted by Gasteiger charge is -2.31. The van der Waals surface area contributed by atoms with E-state index in [9.17, 15) is 43.9 Å². The van der Waals surface area contributed by atoms with Crippen LogP contribution in [0, 0.1) is 29.1 Å². The molecule has 0 aliphatic heterocycles. The molecule has 0 bridgehead atoms. The first-order chi connectivity index (χ1) is 9.65. The Labute approximate surface area is 131 Å². The van der Waals surface area contributed by atoms with E-state index in [0.29, 0.717) is 0 Å². The van der Waals surface area contributed by atoms with Crippen molar-refractivity contribution >= 4 is 31.9 Å². The zero-order valence-electron chi connectivity index (χ0n) is 9.44. The zero-order chi connectivity index (χ0) is 17.7. The average Bonchev–Trinajstić information content (AvgIpc) is 2.37. The van der Waals surface area contributed by atoms with E-state index in [-0.39, 0.29) is 0 Å². The number of ether oxygens (including phenoxy) is 1. The quantitative estimate of drug-likeness (QED) is 0.246. The number of hydrogen-bond donors (Lipinski definition) is 0. The lowest BCUT2D eigenvalue weighted by atomic mass is 10.2. The van der Waals surface area contributed by atoms with Gasteiger partial charge in [-0.05, 0) is 31.9 Å². The Morgan fingerprint density at radius 3 is 1.27 bits per heavy atom. The summed E-state index contributed by atoms with van der Waals surface area (Å²) in [6, 6.07) is 0. The second kappa shape index (κ2) is 5.73. The van der Waals surface area contributed by atoms with Crippen molar-refractivity contribution in [2.75, 3.05) is 0 Å². The monoisotopic (exact) mass is 472 g/mol. The molecule has 0 aliphatic carbocycles. The summed E-state index contributed by atoms with van der Waals surface area (Å²) in [6.45, 7) is 0. The molecule has 13 heteroatoms. The van der Waals surface area contributed by atoms with Gasteiger partial charge in [-0.15, -0.1) is 0 Å². The van der Waals surface area contributed by atoms with Crippen LogP contribution in [0.5, 0.6) is 5.75 Å². The van der Waals surface area contributed by atoms with E-state index in [2.05, 4.69) is 4.74 Å². The van der Waals surface area contributed by atoms with E-state index in [1.54, 1.807) is 0 Å². The molecular weight excluding hydrogens is 474 g/mol. The van der Waals surface area contributed by atoms with E-state index in [1.807, 2.05) is 0 Å². The fourth-order valence-electron chi connectivity index (χ4n) is 1.03. The van der Waals surface area contributed by atoms with Gasteiger partial charge < -0.3 is 4.74 Å². The van der Waals surface area contributed by atoms with Gasteiger partial charge in [-0.2, -0.15) is 26.3 Å². The maximum Gasteiger partial charge on any atom is 0.451 e. The molecule has 1 nitrogen and oxygen atoms in total. The van der Waals surface area contributed by atoms with Gasteiger partial charge in [-0.25, -0.2) is 17.6 Å². The van der Waals surface area contributed by atoms with Gasteiger partial charge in [0.05, 0.1) is 0 Å². The van der Waals surface area contributed by atoms with Crippen molar-refractivity contribution in [1.82, 2.24) is 0 Å². The summed E-state index contributed by atoms with van der Waals surface area (Å²) in [6.07, 6.45) is -5.74. The molecule has 0 aliphatic rings. The third kappa shape index (κ3) is 3.01. The highest BCUT2D eigenvalue weighted by molar-refractivity contribution is 9.12. The van der Waals surface area contributed by atoms with Crippen LogP contribution in [0.3, 0.4) is 0 Å². The largest absolute Gasteiger partial charge is 0.451 e. The molecule has 0 unspecified atom stereocenters. The molecule has 0 N–H and O–H groups in total. The summed E-state index contributed by atoms with van der Waals surface area (Å²) >= 11 is 2.45. The van der Waals surface area contributed by atoms with Gasteiger partial charge in [0, 0.05) is 0 Å². The van der Waals surface area contributed by atoms with Crippen LogP contribution >= 0.6 is 31.9 Å². The summed E-state index contributed by atoms with van der Waals surface area (Å²) in [4.78, 5) is -5.03. The number of benzene rings is 1. The van der Waals surface area contributed by atoms with Gasteiger partial charge in [0.1, 0.15) is 0 Å². The van der Waals surface area contributed by atoms with Crippen LogP contribution in [0.1, 0.15) is 0 Å². The molecule has 1 aromatic rings. The minimum atomic E-state index is -5.74. The van der Waals surface area contributed by atoms with Crippen molar-refractivity contribution in [3.8, 4) is 5.75 Å². The highest BCUT2D eigenvalue weighted by Gasteiger charge is 2.70. The van der Waals surface area contributed by atoms with Crippen LogP contribution in [0.15, 0.2) is 0 Å². The van der Waals surface area contributed by atoms with Crippen molar-refractivity contribution in [2.24, 2.45) is 0 Å². The number of hydrogen-bond acceptors (Lipinski definition) is 1. The van der Waals surface area contributed by atoms with Gasteiger partial charge in [-0.3, -0.25) is 0 Å². The summed E-state index contributed by atoms with van der Waals surface area (Å²) in [5.74, 6) is -16.5. The highest BCUT2D eigenvalue weighted by atomic mass is 79.9. The molecule has 126 valence electrons. The van der Waals surface area contributed by atoms with Crippen LogP contribution in [-0.2, 0) is 0 Å². The molecule has 0 saturated carbocycles. The summed E-state index contributed by atoms with van der Waals surface area (Å²) in [5.41, 5.74) is 0. The second-order valence-corrected chi connectivity index (χ2v) is 5.68. The molecular formula is C9Br2F10O. The topological polar surface area (TPSA) is 9.23 Å². The summed E-state index contributed by atoms with van der Waals surface area (Å²) in [7, 11) is 0. The minimum absolute atomic E-state index is 1.22. The first-order valence-corrected chi connectivity index (χ1v) is 6.26. The maximum absolute atomic E-state index is 13.3. The van der Waals surface area contributed by atoms with Crippen LogP contribution in [0.2, 0.25) is 0 Å². The van der Waals surface area contributed by atoms with Crippen LogP contribution in [-0.4, -0.2) is 15.5 Å². The Balaban J connectivity index is 3.43. The minimum Gasteiger partial charge on any atom is -0.423 e. The number of rotatable bonds is 4. The zero-order valence-corrected chi connectivity index (χ0v) is 12.6. The molecule has 0 heterocycles. The van der Waals surface area contributed by atoms with Crippen molar-refractivity contribution < 1.29 is 48.6 Å². The Kier molecular flexibility index (Phi) is 5.03. The molecule has 0 amide bonds. The van der Waals surface area contributed by atoms with Crippen molar-refractivity contribution in [3.63, 3.8) is 0 Å². The van der Waals surface area contributed by atoms with E-state index in [4.69, 9.17) is 0 Å². The van der Waals surface area contributed by atoms with Gasteiger partial charge in [0.15, 0.2) is 0 Å². The highest BCUT2D eigenvalue weighted by Crippen LogP contribution is 2.52. The van der Waals surface area contributed by atoms with Gasteiger partial charge >= 0.3 is 15.5 Å². The first kappa shape index (κ1) is 19.3. The maximum atomic E-state index is 13.3. The fraction of sp³-hybridized carbons (Fsp3) is 0.333. The predicted octanol–water partition coefficient (Wildman–Crippen LogP) is 5.40. The lowest BCUT2D eigenvalue weighted by molar-refractivity contribution is -0.264. The molecule has 1 rings (SSSR count). The normalized spacial score (nSPS) is 15.6. The lowest BCUT2D eigenvalue weighted by Crippen LogP contribution is -2.53. The van der Waals surface area contributed by atoms with Crippen molar-refractivity contribution in [3.05, 3.63) is 29.1 Å². The summed E-state index contributed by atoms with van der Waals surface area (Å²) < 4.78 is 128. The van der Waals surface area contributed by atoms with E-state index in [0.717, 1.165) is 0 Å². The molecule has 0 spiro atoms. The van der Waals surface area contributed by atoms with Gasteiger partial charge in [0.25, 0.3) is 0 Å². The Bertz CT molecular complexity index is 568. The third-order valence-corrected chi connectivity index (χ3v) is 4.16. The SMILES string of the molecule is Fc1c(F)c(F)c(OC(F)(F)[C@@](F)(Br)C(F)(F)Br)c(F)c1F. The smallest absolute Gasteiger partial charge is 0.423 e. The van der Waals surface area contributed by atoms with Crippen LogP contribution < -0.4 is 4.74 Å². The first-order valence-electron chi connectivity index (χ1n) is 4.68. The molecule has 0 radical (unpaired) electrons. The predicted molar refractivity (Wildman–Crippen MR) is 58.4 cm³/mol. The Morgan fingerprint density at radius 2 is 0.955 bits per heavy atom. The van der Waals surface area contributed by atoms with Crippen molar-refractivity contribution in [2.45, 2.75) is 15.5 Å². The molecule has 0 fully saturated rings. The second-order valence-electron chi connectivity index (χ2n) is 3.59. The Morgan fingerprint density at radius 1 is 0.636 bits per heavy atom.